The zero-order valence-corrected chi connectivity index (χ0v) is 23.0. The van der Waals surface area contributed by atoms with Gasteiger partial charge in [-0.25, -0.2) is 14.5 Å². The Morgan fingerprint density at radius 3 is 2.47 bits per heavy atom. The number of hydrogen-bond donors (Lipinski definition) is 2. The van der Waals surface area contributed by atoms with Gasteiger partial charge in [-0.2, -0.15) is 0 Å². The molecule has 0 unspecified atom stereocenters. The van der Waals surface area contributed by atoms with Crippen LogP contribution in [0.25, 0.3) is 6.08 Å². The molecule has 1 aliphatic heterocycles. The molecule has 0 aliphatic carbocycles. The highest BCUT2D eigenvalue weighted by atomic mass is 127. The van der Waals surface area contributed by atoms with Gasteiger partial charge in [0.25, 0.3) is 11.8 Å². The van der Waals surface area contributed by atoms with E-state index in [2.05, 4.69) is 5.32 Å². The smallest absolute Gasteiger partial charge is 0.335 e. The van der Waals surface area contributed by atoms with E-state index in [0.29, 0.717) is 31.2 Å². The van der Waals surface area contributed by atoms with Crippen LogP contribution in [0.15, 0.2) is 60.2 Å². The Bertz CT molecular complexity index is 1500. The summed E-state index contributed by atoms with van der Waals surface area (Å²) in [7, 11) is 1.46. The average Bonchev–Trinajstić information content (AvgIpc) is 2.87. The first kappa shape index (κ1) is 27.1. The fourth-order valence-electron chi connectivity index (χ4n) is 3.73. The number of methoxy groups -OCH3 is 1. The second-order valence-electron chi connectivity index (χ2n) is 8.21. The molecule has 1 saturated heterocycles. The highest BCUT2D eigenvalue weighted by Gasteiger charge is 2.37. The third-order valence-electron chi connectivity index (χ3n) is 5.66. The number of aryl methyl sites for hydroxylation is 1. The molecule has 2 N–H and O–H groups in total. The van der Waals surface area contributed by atoms with Crippen LogP contribution in [0.2, 0.25) is 5.02 Å². The van der Waals surface area contributed by atoms with Gasteiger partial charge in [0.15, 0.2) is 11.5 Å². The van der Waals surface area contributed by atoms with Crippen molar-refractivity contribution in [2.75, 3.05) is 12.0 Å². The average molecular weight is 647 g/mol. The molecule has 0 spiro atoms. The van der Waals surface area contributed by atoms with Gasteiger partial charge in [0.1, 0.15) is 12.2 Å². The maximum Gasteiger partial charge on any atom is 0.335 e. The molecule has 4 rings (SSSR count). The van der Waals surface area contributed by atoms with Crippen molar-refractivity contribution < 1.29 is 33.8 Å². The van der Waals surface area contributed by atoms with Crippen LogP contribution in [-0.2, 0) is 16.2 Å². The molecular weight excluding hydrogens is 627 g/mol. The van der Waals surface area contributed by atoms with Crippen LogP contribution < -0.4 is 19.7 Å². The minimum Gasteiger partial charge on any atom is -0.493 e. The van der Waals surface area contributed by atoms with Gasteiger partial charge in [-0.05, 0) is 88.7 Å². The van der Waals surface area contributed by atoms with Crippen molar-refractivity contribution in [3.05, 3.63) is 91.0 Å². The fourth-order valence-corrected chi connectivity index (χ4v) is 4.68. The molecule has 4 amide bonds. The number of carbonyl (C=O) groups is 4. The monoisotopic (exact) mass is 646 g/mol. The van der Waals surface area contributed by atoms with Gasteiger partial charge in [-0.1, -0.05) is 29.8 Å². The van der Waals surface area contributed by atoms with E-state index in [1.807, 2.05) is 22.6 Å². The fraction of sp³-hybridized carbons (Fsp3) is 0.111. The molecule has 0 bridgehead atoms. The number of ether oxygens (including phenoxy) is 2. The first-order valence-corrected chi connectivity index (χ1v) is 12.5. The van der Waals surface area contributed by atoms with Gasteiger partial charge in [0, 0.05) is 5.02 Å². The second kappa shape index (κ2) is 11.2. The lowest BCUT2D eigenvalue weighted by Crippen LogP contribution is -2.54. The van der Waals surface area contributed by atoms with Gasteiger partial charge in [0.05, 0.1) is 21.9 Å². The number of nitrogens with zero attached hydrogens (tertiary/aromatic N) is 1. The van der Waals surface area contributed by atoms with E-state index in [0.717, 1.165) is 10.5 Å². The number of carbonyl (C=O) groups excluding carboxylic acids is 3. The number of benzene rings is 3. The Hall–Kier alpha value is -3.90. The minimum atomic E-state index is -1.02. The first-order chi connectivity index (χ1) is 18.1. The number of carboxylic acids is 1. The number of anilines is 1. The van der Waals surface area contributed by atoms with Gasteiger partial charge < -0.3 is 14.6 Å². The molecule has 0 atom stereocenters. The van der Waals surface area contributed by atoms with Crippen LogP contribution in [-0.4, -0.2) is 36.0 Å². The zero-order chi connectivity index (χ0) is 27.6. The largest absolute Gasteiger partial charge is 0.493 e. The topological polar surface area (TPSA) is 122 Å². The molecule has 1 heterocycles. The highest BCUT2D eigenvalue weighted by molar-refractivity contribution is 14.1. The number of nitrogens with one attached hydrogen (secondary N) is 1. The zero-order valence-electron chi connectivity index (χ0n) is 20.1. The molecule has 3 aromatic rings. The number of imide groups is 2. The number of barbiturate groups is 1. The van der Waals surface area contributed by atoms with Gasteiger partial charge in [-0.3, -0.25) is 14.9 Å². The van der Waals surface area contributed by atoms with E-state index in [1.54, 1.807) is 43.3 Å². The summed E-state index contributed by atoms with van der Waals surface area (Å²) in [5.74, 6) is -1.84. The number of amides is 4. The van der Waals surface area contributed by atoms with Crippen LogP contribution in [0.5, 0.6) is 11.5 Å². The van der Waals surface area contributed by atoms with Crippen molar-refractivity contribution >= 4 is 69.8 Å². The molecule has 9 nitrogen and oxygen atoms in total. The lowest BCUT2D eigenvalue weighted by Gasteiger charge is -2.27. The molecule has 1 aliphatic rings. The minimum absolute atomic E-state index is 0.156. The lowest BCUT2D eigenvalue weighted by atomic mass is 10.1. The van der Waals surface area contributed by atoms with E-state index in [1.165, 1.54) is 31.4 Å². The molecule has 0 saturated carbocycles. The Balaban J connectivity index is 1.63. The quantitative estimate of drug-likeness (QED) is 0.206. The van der Waals surface area contributed by atoms with Crippen LogP contribution in [0, 0.1) is 10.5 Å². The SMILES string of the molecule is COc1cc(/C=C2\C(=O)NC(=O)N(c3cc(Cl)ccc3C)C2=O)cc(I)c1OCc1ccc(C(=O)O)cc1. The number of urea groups is 1. The third kappa shape index (κ3) is 5.65. The molecule has 38 heavy (non-hydrogen) atoms. The van der Waals surface area contributed by atoms with Crippen molar-refractivity contribution in [3.63, 3.8) is 0 Å². The molecule has 0 aromatic heterocycles. The summed E-state index contributed by atoms with van der Waals surface area (Å²) in [5, 5.41) is 11.6. The molecule has 1 fully saturated rings. The first-order valence-electron chi connectivity index (χ1n) is 11.1. The van der Waals surface area contributed by atoms with Crippen LogP contribution >= 0.6 is 34.2 Å². The van der Waals surface area contributed by atoms with Crippen LogP contribution in [0.1, 0.15) is 27.0 Å². The number of rotatable bonds is 7. The maximum absolute atomic E-state index is 13.3. The van der Waals surface area contributed by atoms with Crippen molar-refractivity contribution in [3.8, 4) is 11.5 Å². The summed E-state index contributed by atoms with van der Waals surface area (Å²) >= 11 is 8.12. The Kier molecular flexibility index (Phi) is 8.02. The summed E-state index contributed by atoms with van der Waals surface area (Å²) in [6.07, 6.45) is 1.37. The highest BCUT2D eigenvalue weighted by Crippen LogP contribution is 2.36. The molecule has 3 aromatic carbocycles. The Morgan fingerprint density at radius 1 is 1.11 bits per heavy atom. The van der Waals surface area contributed by atoms with E-state index in [4.69, 9.17) is 26.2 Å². The number of carboxylic acid groups (broad SMARTS) is 1. The number of aromatic carboxylic acids is 1. The Morgan fingerprint density at radius 2 is 1.82 bits per heavy atom. The van der Waals surface area contributed by atoms with E-state index < -0.39 is 23.8 Å². The second-order valence-corrected chi connectivity index (χ2v) is 9.81. The molecular formula is C27H20ClIN2O7. The van der Waals surface area contributed by atoms with Gasteiger partial charge >= 0.3 is 12.0 Å². The van der Waals surface area contributed by atoms with Gasteiger partial charge in [0.2, 0.25) is 0 Å². The van der Waals surface area contributed by atoms with Crippen molar-refractivity contribution in [1.82, 2.24) is 5.32 Å². The summed E-state index contributed by atoms with van der Waals surface area (Å²) < 4.78 is 12.1. The summed E-state index contributed by atoms with van der Waals surface area (Å²) in [4.78, 5) is 50.4. The predicted molar refractivity (Wildman–Crippen MR) is 149 cm³/mol. The molecule has 0 radical (unpaired) electrons. The lowest BCUT2D eigenvalue weighted by molar-refractivity contribution is -0.122. The molecule has 194 valence electrons. The van der Waals surface area contributed by atoms with Crippen LogP contribution in [0.4, 0.5) is 10.5 Å². The standard InChI is InChI=1S/C27H20ClIN2O7/c1-14-3-8-18(28)12-21(14)31-25(33)19(24(32)30-27(31)36)9-16-10-20(29)23(22(11-16)37-2)38-13-15-4-6-17(7-5-15)26(34)35/h3-12H,13H2,1-2H3,(H,34,35)(H,30,32,36)/b19-9+. The van der Waals surface area contributed by atoms with Gasteiger partial charge in [-0.15, -0.1) is 0 Å². The predicted octanol–water partition coefficient (Wildman–Crippen LogP) is 5.21. The normalized spacial score (nSPS) is 14.5. The number of hydrogen-bond acceptors (Lipinski definition) is 6. The van der Waals surface area contributed by atoms with E-state index >= 15 is 0 Å². The maximum atomic E-state index is 13.3. The molecule has 11 heteroatoms. The summed E-state index contributed by atoms with van der Waals surface area (Å²) in [5.41, 5.74) is 2.05. The third-order valence-corrected chi connectivity index (χ3v) is 6.70. The van der Waals surface area contributed by atoms with Crippen LogP contribution in [0.3, 0.4) is 0 Å². The van der Waals surface area contributed by atoms with E-state index in [-0.39, 0.29) is 23.4 Å². The number of halogens is 2. The van der Waals surface area contributed by atoms with E-state index in [9.17, 15) is 19.2 Å². The summed E-state index contributed by atoms with van der Waals surface area (Å²) in [6, 6.07) is 13.5. The van der Waals surface area contributed by atoms with Crippen molar-refractivity contribution in [2.45, 2.75) is 13.5 Å². The van der Waals surface area contributed by atoms with Crippen molar-refractivity contribution in [2.24, 2.45) is 0 Å². The summed E-state index contributed by atoms with van der Waals surface area (Å²) in [6.45, 7) is 1.88. The Labute approximate surface area is 236 Å². The van der Waals surface area contributed by atoms with Crippen molar-refractivity contribution in [1.29, 1.82) is 0 Å².